The van der Waals surface area contributed by atoms with Crippen molar-refractivity contribution in [3.8, 4) is 0 Å². The second-order valence-electron chi connectivity index (χ2n) is 3.13. The predicted octanol–water partition coefficient (Wildman–Crippen LogP) is 1.33. The Labute approximate surface area is 90.9 Å². The highest BCUT2D eigenvalue weighted by Crippen LogP contribution is 2.30. The summed E-state index contributed by atoms with van der Waals surface area (Å²) in [5, 5.41) is 11.5. The third kappa shape index (κ3) is 1.83. The number of amides is 1. The molecule has 78 valence electrons. The van der Waals surface area contributed by atoms with Crippen LogP contribution in [0.25, 0.3) is 0 Å². The second-order valence-corrected chi connectivity index (χ2v) is 4.06. The number of carboxylic acid groups (broad SMARTS) is 1. The SMILES string of the molecule is O=C(O)C1C=CC=C2SC=CCC(=O)N21. The summed E-state index contributed by atoms with van der Waals surface area (Å²) < 4.78 is 0. The second kappa shape index (κ2) is 3.94. The van der Waals surface area contributed by atoms with Gasteiger partial charge in [-0.15, -0.1) is 0 Å². The van der Waals surface area contributed by atoms with Crippen molar-refractivity contribution < 1.29 is 14.7 Å². The average Bonchev–Trinajstić information content (AvgIpc) is 2.40. The van der Waals surface area contributed by atoms with E-state index in [0.717, 1.165) is 0 Å². The van der Waals surface area contributed by atoms with Crippen LogP contribution in [0, 0.1) is 0 Å². The van der Waals surface area contributed by atoms with Crippen LogP contribution in [-0.4, -0.2) is 27.9 Å². The van der Waals surface area contributed by atoms with E-state index in [1.807, 2.05) is 5.41 Å². The monoisotopic (exact) mass is 223 g/mol. The van der Waals surface area contributed by atoms with Crippen LogP contribution >= 0.6 is 11.8 Å². The zero-order valence-corrected chi connectivity index (χ0v) is 8.61. The van der Waals surface area contributed by atoms with Crippen LogP contribution in [0.1, 0.15) is 6.42 Å². The normalized spacial score (nSPS) is 24.5. The van der Waals surface area contributed by atoms with Gasteiger partial charge in [-0.1, -0.05) is 30.0 Å². The van der Waals surface area contributed by atoms with Crippen LogP contribution in [0.15, 0.2) is 34.7 Å². The maximum Gasteiger partial charge on any atom is 0.330 e. The molecule has 0 saturated carbocycles. The van der Waals surface area contributed by atoms with Crippen molar-refractivity contribution in [1.82, 2.24) is 4.90 Å². The lowest BCUT2D eigenvalue weighted by atomic mass is 10.1. The molecule has 2 heterocycles. The van der Waals surface area contributed by atoms with Gasteiger partial charge in [-0.25, -0.2) is 4.79 Å². The number of carbonyl (C=O) groups is 2. The summed E-state index contributed by atoms with van der Waals surface area (Å²) in [5.41, 5.74) is 0. The zero-order valence-electron chi connectivity index (χ0n) is 7.79. The predicted molar refractivity (Wildman–Crippen MR) is 56.8 cm³/mol. The Hall–Kier alpha value is -1.49. The molecule has 15 heavy (non-hydrogen) atoms. The number of carbonyl (C=O) groups excluding carboxylic acids is 1. The van der Waals surface area contributed by atoms with Crippen molar-refractivity contribution in [2.45, 2.75) is 12.5 Å². The lowest BCUT2D eigenvalue weighted by Crippen LogP contribution is -2.43. The molecule has 2 aliphatic heterocycles. The van der Waals surface area contributed by atoms with Crippen molar-refractivity contribution >= 4 is 23.6 Å². The molecule has 1 atom stereocenters. The molecule has 0 radical (unpaired) electrons. The minimum Gasteiger partial charge on any atom is -0.479 e. The minimum absolute atomic E-state index is 0.181. The Balaban J connectivity index is 2.36. The van der Waals surface area contributed by atoms with E-state index in [4.69, 9.17) is 5.11 Å². The van der Waals surface area contributed by atoms with E-state index >= 15 is 0 Å². The molecule has 1 amide bonds. The van der Waals surface area contributed by atoms with E-state index in [-0.39, 0.29) is 12.3 Å². The Morgan fingerprint density at radius 3 is 3.13 bits per heavy atom. The molecule has 0 saturated heterocycles. The molecule has 5 heteroatoms. The summed E-state index contributed by atoms with van der Waals surface area (Å²) in [4.78, 5) is 24.0. The summed E-state index contributed by atoms with van der Waals surface area (Å²) >= 11 is 1.36. The number of thioether (sulfide) groups is 1. The number of allylic oxidation sites excluding steroid dienone is 2. The van der Waals surface area contributed by atoms with Gasteiger partial charge in [0.2, 0.25) is 5.91 Å². The Kier molecular flexibility index (Phi) is 2.64. The largest absolute Gasteiger partial charge is 0.479 e. The molecule has 0 bridgehead atoms. The molecular formula is C10H9NO3S. The summed E-state index contributed by atoms with van der Waals surface area (Å²) in [5.74, 6) is -1.19. The van der Waals surface area contributed by atoms with Crippen molar-refractivity contribution in [2.75, 3.05) is 0 Å². The fourth-order valence-corrected chi connectivity index (χ4v) is 2.30. The lowest BCUT2D eigenvalue weighted by molar-refractivity contribution is -0.145. The number of hydrogen-bond acceptors (Lipinski definition) is 3. The quantitative estimate of drug-likeness (QED) is 0.728. The van der Waals surface area contributed by atoms with Gasteiger partial charge in [-0.05, 0) is 11.5 Å². The summed E-state index contributed by atoms with van der Waals surface area (Å²) in [6.45, 7) is 0. The van der Waals surface area contributed by atoms with Crippen molar-refractivity contribution in [3.05, 3.63) is 34.7 Å². The van der Waals surface area contributed by atoms with Gasteiger partial charge in [0.15, 0.2) is 6.04 Å². The van der Waals surface area contributed by atoms with Gasteiger partial charge in [-0.2, -0.15) is 0 Å². The van der Waals surface area contributed by atoms with Crippen LogP contribution in [0.3, 0.4) is 0 Å². The molecule has 4 nitrogen and oxygen atoms in total. The number of rotatable bonds is 1. The van der Waals surface area contributed by atoms with Crippen LogP contribution in [0.2, 0.25) is 0 Å². The Bertz CT molecular complexity index is 397. The Morgan fingerprint density at radius 1 is 1.60 bits per heavy atom. The topological polar surface area (TPSA) is 57.6 Å². The minimum atomic E-state index is -1.01. The van der Waals surface area contributed by atoms with Crippen LogP contribution in [0.5, 0.6) is 0 Å². The van der Waals surface area contributed by atoms with E-state index in [9.17, 15) is 9.59 Å². The molecule has 2 aliphatic rings. The van der Waals surface area contributed by atoms with E-state index in [1.54, 1.807) is 18.2 Å². The maximum absolute atomic E-state index is 11.7. The zero-order chi connectivity index (χ0) is 10.8. The van der Waals surface area contributed by atoms with E-state index in [0.29, 0.717) is 5.03 Å². The third-order valence-electron chi connectivity index (χ3n) is 2.15. The van der Waals surface area contributed by atoms with Crippen molar-refractivity contribution in [3.63, 3.8) is 0 Å². The van der Waals surface area contributed by atoms with Crippen LogP contribution < -0.4 is 0 Å². The lowest BCUT2D eigenvalue weighted by Gasteiger charge is -2.29. The molecule has 0 aromatic rings. The average molecular weight is 223 g/mol. The molecular weight excluding hydrogens is 214 g/mol. The van der Waals surface area contributed by atoms with Crippen molar-refractivity contribution in [1.29, 1.82) is 0 Å². The van der Waals surface area contributed by atoms with Gasteiger partial charge in [0.05, 0.1) is 5.03 Å². The number of aliphatic carboxylic acids is 1. The molecule has 0 fully saturated rings. The molecule has 0 aromatic carbocycles. The standard InChI is InChI=1S/C10H9NO3S/c12-8-4-2-6-15-9-5-1-3-7(10(13)14)11(8)9/h1-3,5-7H,4H2,(H,13,14). The van der Waals surface area contributed by atoms with Gasteiger partial charge < -0.3 is 5.11 Å². The van der Waals surface area contributed by atoms with Crippen molar-refractivity contribution in [2.24, 2.45) is 0 Å². The molecule has 0 spiro atoms. The molecule has 0 aliphatic carbocycles. The van der Waals surface area contributed by atoms with E-state index in [1.165, 1.54) is 22.7 Å². The first-order valence-corrected chi connectivity index (χ1v) is 5.33. The maximum atomic E-state index is 11.7. The molecule has 1 unspecified atom stereocenters. The Morgan fingerprint density at radius 2 is 2.40 bits per heavy atom. The molecule has 2 rings (SSSR count). The number of nitrogens with zero attached hydrogens (tertiary/aromatic N) is 1. The summed E-state index contributed by atoms with van der Waals surface area (Å²) in [6, 6.07) is -0.870. The molecule has 1 N–H and O–H groups in total. The first-order valence-electron chi connectivity index (χ1n) is 4.45. The fourth-order valence-electron chi connectivity index (χ4n) is 1.48. The first kappa shape index (κ1) is 10.0. The summed E-state index contributed by atoms with van der Waals surface area (Å²) in [7, 11) is 0. The highest BCUT2D eigenvalue weighted by Gasteiger charge is 2.32. The fraction of sp³-hybridized carbons (Fsp3) is 0.200. The highest BCUT2D eigenvalue weighted by atomic mass is 32.2. The smallest absolute Gasteiger partial charge is 0.330 e. The summed E-state index contributed by atoms with van der Waals surface area (Å²) in [6.07, 6.45) is 6.92. The van der Waals surface area contributed by atoms with Gasteiger partial charge >= 0.3 is 5.97 Å². The number of fused-ring (bicyclic) bond motifs is 1. The van der Waals surface area contributed by atoms with Crippen LogP contribution in [0.4, 0.5) is 0 Å². The number of carboxylic acids is 1. The van der Waals surface area contributed by atoms with Gasteiger partial charge in [-0.3, -0.25) is 9.69 Å². The van der Waals surface area contributed by atoms with E-state index < -0.39 is 12.0 Å². The number of hydrogen-bond donors (Lipinski definition) is 1. The molecule has 0 aromatic heterocycles. The highest BCUT2D eigenvalue weighted by molar-refractivity contribution is 8.05. The third-order valence-corrected chi connectivity index (χ3v) is 3.05. The van der Waals surface area contributed by atoms with Gasteiger partial charge in [0.1, 0.15) is 0 Å². The first-order chi connectivity index (χ1) is 7.20. The van der Waals surface area contributed by atoms with E-state index in [2.05, 4.69) is 0 Å². The van der Waals surface area contributed by atoms with Gasteiger partial charge in [0, 0.05) is 6.42 Å². The van der Waals surface area contributed by atoms with Crippen LogP contribution in [-0.2, 0) is 9.59 Å². The van der Waals surface area contributed by atoms with Gasteiger partial charge in [0.25, 0.3) is 0 Å².